The standard InChI is InChI=1S/C13H19N3OS/c1-3-4-9-14-13(18)16-15-10(2)11-5-7-12(17)8-6-11/h5-8,17H,3-4,9H2,1-2H3,(H2,14,16,18)/b15-10+. The van der Waals surface area contributed by atoms with Crippen molar-refractivity contribution in [3.8, 4) is 5.75 Å². The van der Waals surface area contributed by atoms with Gasteiger partial charge in [-0.2, -0.15) is 5.10 Å². The molecule has 0 aromatic heterocycles. The lowest BCUT2D eigenvalue weighted by molar-refractivity contribution is 0.475. The summed E-state index contributed by atoms with van der Waals surface area (Å²) in [4.78, 5) is 0. The Labute approximate surface area is 113 Å². The zero-order chi connectivity index (χ0) is 13.4. The lowest BCUT2D eigenvalue weighted by Crippen LogP contribution is -2.33. The lowest BCUT2D eigenvalue weighted by Gasteiger charge is -2.07. The summed E-state index contributed by atoms with van der Waals surface area (Å²) < 4.78 is 0. The Morgan fingerprint density at radius 3 is 2.61 bits per heavy atom. The molecule has 0 bridgehead atoms. The van der Waals surface area contributed by atoms with Crippen LogP contribution in [0.5, 0.6) is 5.75 Å². The van der Waals surface area contributed by atoms with Crippen LogP contribution < -0.4 is 10.7 Å². The third-order valence-corrected chi connectivity index (χ3v) is 2.66. The summed E-state index contributed by atoms with van der Waals surface area (Å²) in [6.07, 6.45) is 2.22. The van der Waals surface area contributed by atoms with Crippen LogP contribution in [0.3, 0.4) is 0 Å². The molecule has 0 saturated carbocycles. The maximum Gasteiger partial charge on any atom is 0.186 e. The van der Waals surface area contributed by atoms with Gasteiger partial charge in [-0.15, -0.1) is 0 Å². The Kier molecular flexibility index (Phi) is 6.14. The van der Waals surface area contributed by atoms with Gasteiger partial charge in [0.15, 0.2) is 5.11 Å². The maximum atomic E-state index is 9.19. The molecule has 0 aliphatic rings. The van der Waals surface area contributed by atoms with Crippen LogP contribution in [0.1, 0.15) is 32.3 Å². The Morgan fingerprint density at radius 2 is 2.00 bits per heavy atom. The van der Waals surface area contributed by atoms with Gasteiger partial charge in [0, 0.05) is 6.54 Å². The summed E-state index contributed by atoms with van der Waals surface area (Å²) >= 11 is 5.09. The molecule has 0 unspecified atom stereocenters. The summed E-state index contributed by atoms with van der Waals surface area (Å²) in [5.74, 6) is 0.247. The molecule has 0 spiro atoms. The Balaban J connectivity index is 2.46. The molecule has 4 nitrogen and oxygen atoms in total. The van der Waals surface area contributed by atoms with Gasteiger partial charge in [-0.05, 0) is 55.4 Å². The molecule has 1 rings (SSSR count). The minimum atomic E-state index is 0.247. The van der Waals surface area contributed by atoms with Crippen molar-refractivity contribution < 1.29 is 5.11 Å². The molecule has 0 heterocycles. The van der Waals surface area contributed by atoms with Crippen LogP contribution in [0.4, 0.5) is 0 Å². The van der Waals surface area contributed by atoms with Gasteiger partial charge in [-0.25, -0.2) is 0 Å². The van der Waals surface area contributed by atoms with Crippen molar-refractivity contribution in [1.82, 2.24) is 10.7 Å². The fourth-order valence-corrected chi connectivity index (χ4v) is 1.47. The monoisotopic (exact) mass is 265 g/mol. The quantitative estimate of drug-likeness (QED) is 0.331. The van der Waals surface area contributed by atoms with Gasteiger partial charge in [0.25, 0.3) is 0 Å². The number of phenols is 1. The topological polar surface area (TPSA) is 56.7 Å². The molecule has 1 aromatic carbocycles. The van der Waals surface area contributed by atoms with Gasteiger partial charge in [0.2, 0.25) is 0 Å². The third-order valence-electron chi connectivity index (χ3n) is 2.43. The van der Waals surface area contributed by atoms with Crippen LogP contribution in [0.2, 0.25) is 0 Å². The normalized spacial score (nSPS) is 11.1. The molecule has 0 amide bonds. The number of hydrogen-bond donors (Lipinski definition) is 3. The highest BCUT2D eigenvalue weighted by Crippen LogP contribution is 2.10. The number of benzene rings is 1. The maximum absolute atomic E-state index is 9.19. The molecule has 5 heteroatoms. The van der Waals surface area contributed by atoms with Crippen molar-refractivity contribution in [3.05, 3.63) is 29.8 Å². The SMILES string of the molecule is CCCCNC(=S)N/N=C(\C)c1ccc(O)cc1. The van der Waals surface area contributed by atoms with Gasteiger partial charge < -0.3 is 10.4 Å². The van der Waals surface area contributed by atoms with Gasteiger partial charge in [0.05, 0.1) is 5.71 Å². The molecule has 0 aliphatic heterocycles. The van der Waals surface area contributed by atoms with Crippen LogP contribution in [-0.2, 0) is 0 Å². The molecule has 1 aromatic rings. The molecule has 0 fully saturated rings. The van der Waals surface area contributed by atoms with Crippen molar-refractivity contribution in [3.63, 3.8) is 0 Å². The smallest absolute Gasteiger partial charge is 0.186 e. The summed E-state index contributed by atoms with van der Waals surface area (Å²) in [6.45, 7) is 4.87. The van der Waals surface area contributed by atoms with E-state index in [0.717, 1.165) is 30.7 Å². The van der Waals surface area contributed by atoms with Crippen LogP contribution >= 0.6 is 12.2 Å². The van der Waals surface area contributed by atoms with Crippen LogP contribution in [0.15, 0.2) is 29.4 Å². The highest BCUT2D eigenvalue weighted by atomic mass is 32.1. The molecular formula is C13H19N3OS. The number of rotatable bonds is 5. The number of nitrogens with one attached hydrogen (secondary N) is 2. The van der Waals surface area contributed by atoms with Crippen molar-refractivity contribution in [2.24, 2.45) is 5.10 Å². The van der Waals surface area contributed by atoms with Crippen LogP contribution in [0, 0.1) is 0 Å². The van der Waals surface area contributed by atoms with E-state index in [1.54, 1.807) is 12.1 Å². The van der Waals surface area contributed by atoms with E-state index in [2.05, 4.69) is 22.8 Å². The van der Waals surface area contributed by atoms with Crippen molar-refractivity contribution >= 4 is 23.0 Å². The van der Waals surface area contributed by atoms with E-state index in [-0.39, 0.29) is 5.75 Å². The first-order valence-corrected chi connectivity index (χ1v) is 6.42. The van der Waals surface area contributed by atoms with E-state index in [0.29, 0.717) is 5.11 Å². The summed E-state index contributed by atoms with van der Waals surface area (Å²) in [5.41, 5.74) is 4.56. The molecule has 0 atom stereocenters. The fourth-order valence-electron chi connectivity index (χ4n) is 1.32. The molecule has 18 heavy (non-hydrogen) atoms. The number of unbranched alkanes of at least 4 members (excludes halogenated alkanes) is 1. The number of thiocarbonyl (C=S) groups is 1. The van der Waals surface area contributed by atoms with E-state index < -0.39 is 0 Å². The van der Waals surface area contributed by atoms with Crippen molar-refractivity contribution in [2.75, 3.05) is 6.54 Å². The summed E-state index contributed by atoms with van der Waals surface area (Å²) in [6, 6.07) is 6.88. The summed E-state index contributed by atoms with van der Waals surface area (Å²) in [5, 5.41) is 17.0. The van der Waals surface area contributed by atoms with E-state index in [9.17, 15) is 5.11 Å². The van der Waals surface area contributed by atoms with Crippen LogP contribution in [0.25, 0.3) is 0 Å². The van der Waals surface area contributed by atoms with Gasteiger partial charge in [0.1, 0.15) is 5.75 Å². The third kappa shape index (κ3) is 5.14. The van der Waals surface area contributed by atoms with Gasteiger partial charge >= 0.3 is 0 Å². The van der Waals surface area contributed by atoms with Gasteiger partial charge in [-0.3, -0.25) is 5.43 Å². The second kappa shape index (κ2) is 7.66. The second-order valence-electron chi connectivity index (χ2n) is 3.97. The van der Waals surface area contributed by atoms with Crippen molar-refractivity contribution in [2.45, 2.75) is 26.7 Å². The number of hydrazone groups is 1. The highest BCUT2D eigenvalue weighted by molar-refractivity contribution is 7.80. The second-order valence-corrected chi connectivity index (χ2v) is 4.37. The predicted molar refractivity (Wildman–Crippen MR) is 79.0 cm³/mol. The first-order chi connectivity index (χ1) is 8.63. The first kappa shape index (κ1) is 14.4. The Hall–Kier alpha value is -1.62. The van der Waals surface area contributed by atoms with Gasteiger partial charge in [-0.1, -0.05) is 13.3 Å². The minimum absolute atomic E-state index is 0.247. The highest BCUT2D eigenvalue weighted by Gasteiger charge is 1.98. The number of aromatic hydroxyl groups is 1. The number of phenolic OH excluding ortho intramolecular Hbond substituents is 1. The number of hydrogen-bond acceptors (Lipinski definition) is 3. The molecule has 98 valence electrons. The average molecular weight is 265 g/mol. The summed E-state index contributed by atoms with van der Waals surface area (Å²) in [7, 11) is 0. The first-order valence-electron chi connectivity index (χ1n) is 6.01. The average Bonchev–Trinajstić information content (AvgIpc) is 2.37. The predicted octanol–water partition coefficient (Wildman–Crippen LogP) is 2.38. The van der Waals surface area contributed by atoms with E-state index in [1.165, 1.54) is 0 Å². The Morgan fingerprint density at radius 1 is 1.33 bits per heavy atom. The molecular weight excluding hydrogens is 246 g/mol. The zero-order valence-corrected chi connectivity index (χ0v) is 11.5. The lowest BCUT2D eigenvalue weighted by atomic mass is 10.1. The molecule has 0 saturated heterocycles. The zero-order valence-electron chi connectivity index (χ0n) is 10.7. The Bertz CT molecular complexity index is 415. The fraction of sp³-hybridized carbons (Fsp3) is 0.385. The largest absolute Gasteiger partial charge is 0.508 e. The minimum Gasteiger partial charge on any atom is -0.508 e. The molecule has 0 aliphatic carbocycles. The molecule has 3 N–H and O–H groups in total. The molecule has 0 radical (unpaired) electrons. The van der Waals surface area contributed by atoms with E-state index in [1.807, 2.05) is 19.1 Å². The van der Waals surface area contributed by atoms with E-state index >= 15 is 0 Å². The number of nitrogens with zero attached hydrogens (tertiary/aromatic N) is 1. The van der Waals surface area contributed by atoms with E-state index in [4.69, 9.17) is 12.2 Å². The van der Waals surface area contributed by atoms with Crippen molar-refractivity contribution in [1.29, 1.82) is 0 Å². The van der Waals surface area contributed by atoms with Crippen LogP contribution in [-0.4, -0.2) is 22.5 Å².